The summed E-state index contributed by atoms with van der Waals surface area (Å²) >= 11 is 5.81. The molecule has 0 saturated carbocycles. The molecule has 0 aliphatic carbocycles. The Bertz CT molecular complexity index is 631. The van der Waals surface area contributed by atoms with Crippen LogP contribution in [0.3, 0.4) is 0 Å². The number of hydrogen-bond donors (Lipinski definition) is 1. The molecule has 0 amide bonds. The summed E-state index contributed by atoms with van der Waals surface area (Å²) < 4.78 is 44.2. The zero-order chi connectivity index (χ0) is 15.6. The molecule has 1 aliphatic rings. The van der Waals surface area contributed by atoms with E-state index in [2.05, 4.69) is 0 Å². The minimum atomic E-state index is -3.88. The molecule has 1 heterocycles. The number of hydrogen-bond acceptors (Lipinski definition) is 4. The fourth-order valence-electron chi connectivity index (χ4n) is 1.97. The monoisotopic (exact) mass is 337 g/mol. The first-order chi connectivity index (χ1) is 9.81. The van der Waals surface area contributed by atoms with E-state index in [1.165, 1.54) is 12.1 Å². The third kappa shape index (κ3) is 3.70. The molecule has 9 heteroatoms. The van der Waals surface area contributed by atoms with Gasteiger partial charge in [-0.1, -0.05) is 17.7 Å². The van der Waals surface area contributed by atoms with Crippen molar-refractivity contribution in [3.63, 3.8) is 0 Å². The van der Waals surface area contributed by atoms with Crippen LogP contribution in [0.5, 0.6) is 0 Å². The van der Waals surface area contributed by atoms with Gasteiger partial charge in [0.05, 0.1) is 18.9 Å². The van der Waals surface area contributed by atoms with Gasteiger partial charge in [-0.25, -0.2) is 17.6 Å². The predicted octanol–water partition coefficient (Wildman–Crippen LogP) is 1.09. The molecule has 1 N–H and O–H groups in total. The molecule has 0 aromatic heterocycles. The molecule has 1 unspecified atom stereocenters. The highest BCUT2D eigenvalue weighted by molar-refractivity contribution is 7.88. The number of benzene rings is 1. The van der Waals surface area contributed by atoms with Crippen molar-refractivity contribution in [2.45, 2.75) is 11.9 Å². The lowest BCUT2D eigenvalue weighted by Gasteiger charge is -2.30. The number of carboxylic acids is 1. The third-order valence-electron chi connectivity index (χ3n) is 3.09. The predicted molar refractivity (Wildman–Crippen MR) is 73.0 cm³/mol. The Hall–Kier alpha value is -1.22. The molecular weight excluding hydrogens is 325 g/mol. The van der Waals surface area contributed by atoms with Crippen LogP contribution in [0, 0.1) is 5.82 Å². The number of sulfonamides is 1. The molecule has 0 spiro atoms. The summed E-state index contributed by atoms with van der Waals surface area (Å²) in [6.45, 7) is -0.302. The summed E-state index contributed by atoms with van der Waals surface area (Å²) in [6.07, 6.45) is -1.22. The number of morpholine rings is 1. The first kappa shape index (κ1) is 16.2. The van der Waals surface area contributed by atoms with E-state index < -0.39 is 33.7 Å². The van der Waals surface area contributed by atoms with Gasteiger partial charge in [0.1, 0.15) is 5.82 Å². The number of nitrogens with zero attached hydrogens (tertiary/aromatic N) is 1. The van der Waals surface area contributed by atoms with E-state index in [1.54, 1.807) is 0 Å². The highest BCUT2D eigenvalue weighted by Gasteiger charge is 2.33. The largest absolute Gasteiger partial charge is 0.479 e. The van der Waals surface area contributed by atoms with Crippen molar-refractivity contribution < 1.29 is 27.4 Å². The number of rotatable bonds is 4. The van der Waals surface area contributed by atoms with Gasteiger partial charge in [0, 0.05) is 17.1 Å². The van der Waals surface area contributed by atoms with Crippen LogP contribution < -0.4 is 0 Å². The quantitative estimate of drug-likeness (QED) is 0.889. The van der Waals surface area contributed by atoms with Gasteiger partial charge in [0.2, 0.25) is 10.0 Å². The van der Waals surface area contributed by atoms with Gasteiger partial charge in [-0.15, -0.1) is 0 Å². The van der Waals surface area contributed by atoms with Crippen LogP contribution in [-0.4, -0.2) is 49.6 Å². The van der Waals surface area contributed by atoms with Crippen molar-refractivity contribution in [1.29, 1.82) is 0 Å². The zero-order valence-corrected chi connectivity index (χ0v) is 12.4. The Morgan fingerprint density at radius 1 is 1.52 bits per heavy atom. The van der Waals surface area contributed by atoms with Gasteiger partial charge in [0.25, 0.3) is 0 Å². The lowest BCUT2D eigenvalue weighted by Crippen LogP contribution is -2.48. The molecule has 1 aromatic carbocycles. The van der Waals surface area contributed by atoms with Crippen LogP contribution >= 0.6 is 11.6 Å². The first-order valence-corrected chi connectivity index (χ1v) is 8.05. The van der Waals surface area contributed by atoms with Gasteiger partial charge in [-0.2, -0.15) is 4.31 Å². The van der Waals surface area contributed by atoms with Gasteiger partial charge in [-0.3, -0.25) is 0 Å². The maximum Gasteiger partial charge on any atom is 0.334 e. The summed E-state index contributed by atoms with van der Waals surface area (Å²) in [5.74, 6) is -2.57. The molecule has 1 aliphatic heterocycles. The average Bonchev–Trinajstić information content (AvgIpc) is 2.43. The van der Waals surface area contributed by atoms with Crippen molar-refractivity contribution in [2.24, 2.45) is 0 Å². The second-order valence-corrected chi connectivity index (χ2v) is 6.89. The first-order valence-electron chi connectivity index (χ1n) is 6.06. The van der Waals surface area contributed by atoms with E-state index in [4.69, 9.17) is 21.4 Å². The Morgan fingerprint density at radius 2 is 2.24 bits per heavy atom. The molecule has 1 fully saturated rings. The average molecular weight is 338 g/mol. The fraction of sp³-hybridized carbons (Fsp3) is 0.417. The smallest absolute Gasteiger partial charge is 0.334 e. The molecule has 0 radical (unpaired) electrons. The lowest BCUT2D eigenvalue weighted by molar-refractivity contribution is -0.153. The summed E-state index contributed by atoms with van der Waals surface area (Å²) in [5.41, 5.74) is -0.127. The Morgan fingerprint density at radius 3 is 2.86 bits per heavy atom. The second kappa shape index (κ2) is 6.27. The minimum absolute atomic E-state index is 0.0154. The number of halogens is 2. The number of ether oxygens (including phenoxy) is 1. The summed E-state index contributed by atoms with van der Waals surface area (Å²) in [7, 11) is -3.88. The fourth-order valence-corrected chi connectivity index (χ4v) is 3.84. The normalized spacial score (nSPS) is 20.4. The SMILES string of the molecule is O=C(O)C1CN(S(=O)(=O)Cc2c(F)cccc2Cl)CCO1. The Kier molecular flexibility index (Phi) is 4.82. The van der Waals surface area contributed by atoms with Crippen molar-refractivity contribution in [3.8, 4) is 0 Å². The van der Waals surface area contributed by atoms with E-state index >= 15 is 0 Å². The molecule has 1 aromatic rings. The van der Waals surface area contributed by atoms with Crippen molar-refractivity contribution >= 4 is 27.6 Å². The number of carboxylic acid groups (broad SMARTS) is 1. The topological polar surface area (TPSA) is 83.9 Å². The van der Waals surface area contributed by atoms with Crippen LogP contribution in [0.4, 0.5) is 4.39 Å². The standard InChI is InChI=1S/C12H13ClFNO5S/c13-9-2-1-3-10(14)8(9)7-21(18,19)15-4-5-20-11(6-15)12(16)17/h1-3,11H,4-7H2,(H,16,17). The second-order valence-electron chi connectivity index (χ2n) is 4.51. The summed E-state index contributed by atoms with van der Waals surface area (Å²) in [6, 6.07) is 3.90. The maximum atomic E-state index is 13.7. The third-order valence-corrected chi connectivity index (χ3v) is 5.21. The van der Waals surface area contributed by atoms with Gasteiger partial charge >= 0.3 is 5.97 Å². The van der Waals surface area contributed by atoms with E-state index in [-0.39, 0.29) is 30.3 Å². The van der Waals surface area contributed by atoms with E-state index in [9.17, 15) is 17.6 Å². The van der Waals surface area contributed by atoms with E-state index in [0.29, 0.717) is 0 Å². The molecule has 1 atom stereocenters. The lowest BCUT2D eigenvalue weighted by atomic mass is 10.2. The highest BCUT2D eigenvalue weighted by atomic mass is 35.5. The van der Waals surface area contributed by atoms with Crippen molar-refractivity contribution in [1.82, 2.24) is 4.31 Å². The molecule has 2 rings (SSSR count). The molecule has 1 saturated heterocycles. The molecule has 6 nitrogen and oxygen atoms in total. The maximum absolute atomic E-state index is 13.7. The molecule has 116 valence electrons. The van der Waals surface area contributed by atoms with E-state index in [1.807, 2.05) is 0 Å². The number of aliphatic carboxylic acids is 1. The van der Waals surface area contributed by atoms with Crippen LogP contribution in [0.15, 0.2) is 18.2 Å². The van der Waals surface area contributed by atoms with Crippen LogP contribution in [-0.2, 0) is 25.3 Å². The van der Waals surface area contributed by atoms with Crippen LogP contribution in [0.1, 0.15) is 5.56 Å². The van der Waals surface area contributed by atoms with E-state index in [0.717, 1.165) is 10.4 Å². The summed E-state index contributed by atoms with van der Waals surface area (Å²) in [5, 5.41) is 8.89. The zero-order valence-electron chi connectivity index (χ0n) is 10.8. The van der Waals surface area contributed by atoms with Gasteiger partial charge < -0.3 is 9.84 Å². The Labute approximate surface area is 126 Å². The highest BCUT2D eigenvalue weighted by Crippen LogP contribution is 2.23. The van der Waals surface area contributed by atoms with Gasteiger partial charge in [0.15, 0.2) is 6.10 Å². The minimum Gasteiger partial charge on any atom is -0.479 e. The van der Waals surface area contributed by atoms with Crippen molar-refractivity contribution in [3.05, 3.63) is 34.6 Å². The van der Waals surface area contributed by atoms with Gasteiger partial charge in [-0.05, 0) is 12.1 Å². The number of carbonyl (C=O) groups is 1. The molecular formula is C12H13ClFNO5S. The van der Waals surface area contributed by atoms with Crippen LogP contribution in [0.25, 0.3) is 0 Å². The van der Waals surface area contributed by atoms with Crippen molar-refractivity contribution in [2.75, 3.05) is 19.7 Å². The Balaban J connectivity index is 2.20. The summed E-state index contributed by atoms with van der Waals surface area (Å²) in [4.78, 5) is 10.9. The molecule has 21 heavy (non-hydrogen) atoms. The van der Waals surface area contributed by atoms with Crippen LogP contribution in [0.2, 0.25) is 5.02 Å². The molecule has 0 bridgehead atoms.